The van der Waals surface area contributed by atoms with Gasteiger partial charge in [-0.15, -0.1) is 0 Å². The number of ketones is 1. The summed E-state index contributed by atoms with van der Waals surface area (Å²) in [7, 11) is 0. The molecule has 0 aromatic carbocycles. The second-order valence-corrected chi connectivity index (χ2v) is 5.28. The Morgan fingerprint density at radius 1 is 1.25 bits per heavy atom. The van der Waals surface area contributed by atoms with Crippen LogP contribution in [-0.4, -0.2) is 15.8 Å². The molecule has 1 unspecified atom stereocenters. The van der Waals surface area contributed by atoms with Crippen molar-refractivity contribution in [3.63, 3.8) is 0 Å². The number of carbonyl (C=O) groups excluding carboxylic acids is 1. The molecule has 20 heavy (non-hydrogen) atoms. The monoisotopic (exact) mass is 274 g/mol. The molecular formula is C17H26N2O. The highest BCUT2D eigenvalue weighted by atomic mass is 16.1. The third-order valence-corrected chi connectivity index (χ3v) is 3.60. The number of rotatable bonds is 8. The van der Waals surface area contributed by atoms with E-state index in [2.05, 4.69) is 30.7 Å². The maximum atomic E-state index is 11.7. The molecule has 1 rings (SSSR count). The molecule has 0 amide bonds. The largest absolute Gasteiger partial charge is 0.295 e. The van der Waals surface area contributed by atoms with Gasteiger partial charge < -0.3 is 0 Å². The normalized spacial score (nSPS) is 13.3. The summed E-state index contributed by atoms with van der Waals surface area (Å²) >= 11 is 0. The van der Waals surface area contributed by atoms with Gasteiger partial charge in [0, 0.05) is 25.2 Å². The molecule has 1 heterocycles. The first kappa shape index (κ1) is 16.5. The zero-order valence-corrected chi connectivity index (χ0v) is 13.1. The smallest absolute Gasteiger partial charge is 0.155 e. The van der Waals surface area contributed by atoms with Gasteiger partial charge in [0.2, 0.25) is 0 Å². The van der Waals surface area contributed by atoms with Gasteiger partial charge >= 0.3 is 0 Å². The molecule has 0 aliphatic rings. The Balaban J connectivity index is 2.84. The minimum atomic E-state index is 0.183. The molecule has 0 aliphatic heterocycles. The molecule has 0 aliphatic carbocycles. The van der Waals surface area contributed by atoms with E-state index < -0.39 is 0 Å². The van der Waals surface area contributed by atoms with Gasteiger partial charge in [-0.2, -0.15) is 0 Å². The lowest BCUT2D eigenvalue weighted by molar-refractivity contribution is -0.114. The van der Waals surface area contributed by atoms with Crippen LogP contribution in [0, 0.1) is 5.92 Å². The van der Waals surface area contributed by atoms with Crippen molar-refractivity contribution in [1.29, 1.82) is 0 Å². The van der Waals surface area contributed by atoms with Crippen molar-refractivity contribution in [2.24, 2.45) is 5.92 Å². The highest BCUT2D eigenvalue weighted by Gasteiger charge is 2.11. The average Bonchev–Trinajstić information content (AvgIpc) is 2.47. The van der Waals surface area contributed by atoms with Crippen molar-refractivity contribution in [1.82, 2.24) is 9.97 Å². The van der Waals surface area contributed by atoms with Crippen molar-refractivity contribution >= 4 is 5.78 Å². The standard InChI is InChI=1S/C17H26N2O/c1-5-8-14-11-18-17(19-12-14)10-15(13(4)6-2)9-16(20)7-3/h9,11-13H,5-8,10H2,1-4H3/b15-9-. The van der Waals surface area contributed by atoms with Crippen molar-refractivity contribution in [3.8, 4) is 0 Å². The van der Waals surface area contributed by atoms with Crippen LogP contribution in [0.4, 0.5) is 0 Å². The fourth-order valence-corrected chi connectivity index (χ4v) is 2.01. The number of carbonyl (C=O) groups is 1. The molecule has 0 fully saturated rings. The lowest BCUT2D eigenvalue weighted by Crippen LogP contribution is -2.07. The summed E-state index contributed by atoms with van der Waals surface area (Å²) in [4.78, 5) is 20.5. The molecule has 0 saturated carbocycles. The second-order valence-electron chi connectivity index (χ2n) is 5.28. The summed E-state index contributed by atoms with van der Waals surface area (Å²) in [5.74, 6) is 1.38. The van der Waals surface area contributed by atoms with Crippen molar-refractivity contribution in [2.45, 2.75) is 59.8 Å². The predicted octanol–water partition coefficient (Wildman–Crippen LogP) is 3.92. The van der Waals surface area contributed by atoms with E-state index in [0.29, 0.717) is 18.8 Å². The lowest BCUT2D eigenvalue weighted by Gasteiger charge is -2.13. The van der Waals surface area contributed by atoms with E-state index in [1.54, 1.807) is 6.08 Å². The molecule has 3 nitrogen and oxygen atoms in total. The second kappa shape index (κ2) is 8.62. The van der Waals surface area contributed by atoms with Gasteiger partial charge in [0.25, 0.3) is 0 Å². The van der Waals surface area contributed by atoms with E-state index >= 15 is 0 Å². The highest BCUT2D eigenvalue weighted by Crippen LogP contribution is 2.18. The van der Waals surface area contributed by atoms with E-state index in [1.165, 1.54) is 5.56 Å². The molecule has 1 aromatic rings. The molecule has 0 N–H and O–H groups in total. The van der Waals surface area contributed by atoms with Crippen LogP contribution in [0.15, 0.2) is 24.0 Å². The summed E-state index contributed by atoms with van der Waals surface area (Å²) in [6.45, 7) is 8.33. The fourth-order valence-electron chi connectivity index (χ4n) is 2.01. The Kier molecular flexibility index (Phi) is 7.13. The SMILES string of the molecule is CCCc1cnc(C/C(=C/C(=O)CC)C(C)CC)nc1. The number of hydrogen-bond acceptors (Lipinski definition) is 3. The van der Waals surface area contributed by atoms with E-state index in [1.807, 2.05) is 19.3 Å². The Bertz CT molecular complexity index is 449. The van der Waals surface area contributed by atoms with Crippen LogP contribution >= 0.6 is 0 Å². The summed E-state index contributed by atoms with van der Waals surface area (Å²) in [5, 5.41) is 0. The van der Waals surface area contributed by atoms with Crippen molar-refractivity contribution < 1.29 is 4.79 Å². The zero-order valence-electron chi connectivity index (χ0n) is 13.1. The maximum absolute atomic E-state index is 11.7. The van der Waals surface area contributed by atoms with Gasteiger partial charge in [-0.25, -0.2) is 9.97 Å². The van der Waals surface area contributed by atoms with Crippen LogP contribution in [0.3, 0.4) is 0 Å². The quantitative estimate of drug-likeness (QED) is 0.675. The van der Waals surface area contributed by atoms with Gasteiger partial charge in [0.15, 0.2) is 5.78 Å². The van der Waals surface area contributed by atoms with Crippen LogP contribution < -0.4 is 0 Å². The third kappa shape index (κ3) is 5.24. The Hall–Kier alpha value is -1.51. The maximum Gasteiger partial charge on any atom is 0.155 e. The van der Waals surface area contributed by atoms with Crippen LogP contribution in [0.25, 0.3) is 0 Å². The topological polar surface area (TPSA) is 42.9 Å². The van der Waals surface area contributed by atoms with E-state index in [0.717, 1.165) is 30.7 Å². The first-order chi connectivity index (χ1) is 9.60. The number of aryl methyl sites for hydroxylation is 1. The number of allylic oxidation sites excluding steroid dienone is 2. The van der Waals surface area contributed by atoms with E-state index in [4.69, 9.17) is 0 Å². The van der Waals surface area contributed by atoms with Gasteiger partial charge in [-0.05, 0) is 30.4 Å². The van der Waals surface area contributed by atoms with Crippen LogP contribution in [0.2, 0.25) is 0 Å². The average molecular weight is 274 g/mol. The molecule has 0 spiro atoms. The molecule has 0 saturated heterocycles. The van der Waals surface area contributed by atoms with E-state index in [-0.39, 0.29) is 5.78 Å². The zero-order chi connectivity index (χ0) is 15.0. The fraction of sp³-hybridized carbons (Fsp3) is 0.588. The highest BCUT2D eigenvalue weighted by molar-refractivity contribution is 5.90. The molecule has 0 radical (unpaired) electrons. The first-order valence-electron chi connectivity index (χ1n) is 7.63. The van der Waals surface area contributed by atoms with Gasteiger partial charge in [0.1, 0.15) is 5.82 Å². The summed E-state index contributed by atoms with van der Waals surface area (Å²) < 4.78 is 0. The molecule has 110 valence electrons. The summed E-state index contributed by atoms with van der Waals surface area (Å²) in [6.07, 6.45) is 9.97. The van der Waals surface area contributed by atoms with Crippen molar-refractivity contribution in [2.75, 3.05) is 0 Å². The van der Waals surface area contributed by atoms with Gasteiger partial charge in [-0.3, -0.25) is 4.79 Å². The van der Waals surface area contributed by atoms with Gasteiger partial charge in [0.05, 0.1) is 0 Å². The molecule has 3 heteroatoms. The molecule has 1 aromatic heterocycles. The van der Waals surface area contributed by atoms with E-state index in [9.17, 15) is 4.79 Å². The van der Waals surface area contributed by atoms with Crippen molar-refractivity contribution in [3.05, 3.63) is 35.4 Å². The third-order valence-electron chi connectivity index (χ3n) is 3.60. The predicted molar refractivity (Wildman–Crippen MR) is 82.6 cm³/mol. The number of aromatic nitrogens is 2. The van der Waals surface area contributed by atoms with Crippen LogP contribution in [0.5, 0.6) is 0 Å². The summed E-state index contributed by atoms with van der Waals surface area (Å²) in [5.41, 5.74) is 2.32. The summed E-state index contributed by atoms with van der Waals surface area (Å²) in [6, 6.07) is 0. The molecule has 0 bridgehead atoms. The van der Waals surface area contributed by atoms with Crippen LogP contribution in [-0.2, 0) is 17.6 Å². The minimum Gasteiger partial charge on any atom is -0.295 e. The molecule has 1 atom stereocenters. The number of hydrogen-bond donors (Lipinski definition) is 0. The Morgan fingerprint density at radius 2 is 1.90 bits per heavy atom. The molecular weight excluding hydrogens is 248 g/mol. The van der Waals surface area contributed by atoms with Gasteiger partial charge in [-0.1, -0.05) is 39.7 Å². The minimum absolute atomic E-state index is 0.183. The van der Waals surface area contributed by atoms with Crippen LogP contribution in [0.1, 0.15) is 58.3 Å². The first-order valence-corrected chi connectivity index (χ1v) is 7.63. The number of nitrogens with zero attached hydrogens (tertiary/aromatic N) is 2. The lowest BCUT2D eigenvalue weighted by atomic mass is 9.94. The Labute approximate surface area is 122 Å². The Morgan fingerprint density at radius 3 is 2.40 bits per heavy atom.